The molecule has 2 aromatic rings. The van der Waals surface area contributed by atoms with Crippen molar-refractivity contribution in [3.05, 3.63) is 17.5 Å². The Morgan fingerprint density at radius 2 is 2.14 bits per heavy atom. The van der Waals surface area contributed by atoms with Crippen LogP contribution in [0.25, 0.3) is 0 Å². The van der Waals surface area contributed by atoms with E-state index in [1.165, 1.54) is 19.3 Å². The van der Waals surface area contributed by atoms with Crippen molar-refractivity contribution in [3.8, 4) is 0 Å². The SMILES string of the molecule is CC(C)(N)c1noc(CSc2nnc3n2CCCCC3)n1. The van der Waals surface area contributed by atoms with Crippen molar-refractivity contribution in [2.45, 2.75) is 62.5 Å². The second kappa shape index (κ2) is 5.76. The second-order valence-corrected chi connectivity index (χ2v) is 6.83. The Balaban J connectivity index is 1.68. The third-order valence-electron chi connectivity index (χ3n) is 3.44. The summed E-state index contributed by atoms with van der Waals surface area (Å²) in [7, 11) is 0. The van der Waals surface area contributed by atoms with Crippen LogP contribution in [0.1, 0.15) is 50.6 Å². The average molecular weight is 308 g/mol. The van der Waals surface area contributed by atoms with Gasteiger partial charge >= 0.3 is 0 Å². The van der Waals surface area contributed by atoms with Crippen molar-refractivity contribution in [1.29, 1.82) is 0 Å². The van der Waals surface area contributed by atoms with Gasteiger partial charge in [0.2, 0.25) is 5.89 Å². The zero-order chi connectivity index (χ0) is 14.9. The molecule has 0 aromatic carbocycles. The number of aryl methyl sites for hydroxylation is 1. The molecule has 8 heteroatoms. The van der Waals surface area contributed by atoms with Crippen LogP contribution in [0.3, 0.4) is 0 Å². The molecule has 0 aliphatic carbocycles. The van der Waals surface area contributed by atoms with E-state index in [-0.39, 0.29) is 0 Å². The van der Waals surface area contributed by atoms with E-state index in [0.29, 0.717) is 17.5 Å². The standard InChI is InChI=1S/C13H20N6OS/c1-13(2,14)11-15-10(20-18-11)8-21-12-17-16-9-6-4-3-5-7-19(9)12/h3-8,14H2,1-2H3. The molecule has 0 fully saturated rings. The van der Waals surface area contributed by atoms with E-state index in [0.717, 1.165) is 23.9 Å². The minimum absolute atomic E-state index is 0.526. The maximum atomic E-state index is 5.95. The van der Waals surface area contributed by atoms with E-state index in [1.54, 1.807) is 11.8 Å². The summed E-state index contributed by atoms with van der Waals surface area (Å²) in [5.74, 6) is 2.77. The van der Waals surface area contributed by atoms with E-state index in [2.05, 4.69) is 24.9 Å². The van der Waals surface area contributed by atoms with Crippen LogP contribution < -0.4 is 5.73 Å². The highest BCUT2D eigenvalue weighted by atomic mass is 32.2. The van der Waals surface area contributed by atoms with Gasteiger partial charge in [-0.2, -0.15) is 4.98 Å². The summed E-state index contributed by atoms with van der Waals surface area (Å²) >= 11 is 1.58. The van der Waals surface area contributed by atoms with Gasteiger partial charge in [0.25, 0.3) is 0 Å². The highest BCUT2D eigenvalue weighted by Crippen LogP contribution is 2.25. The molecule has 2 aromatic heterocycles. The van der Waals surface area contributed by atoms with Crippen LogP contribution in [-0.2, 0) is 24.3 Å². The molecule has 1 aliphatic heterocycles. The van der Waals surface area contributed by atoms with Crippen LogP contribution in [0.15, 0.2) is 9.68 Å². The first kappa shape index (κ1) is 14.5. The molecule has 3 rings (SSSR count). The van der Waals surface area contributed by atoms with E-state index in [1.807, 2.05) is 13.8 Å². The molecule has 0 atom stereocenters. The summed E-state index contributed by atoms with van der Waals surface area (Å²) in [5, 5.41) is 13.4. The topological polar surface area (TPSA) is 95.6 Å². The average Bonchev–Trinajstić information content (AvgIpc) is 2.98. The summed E-state index contributed by atoms with van der Waals surface area (Å²) in [5.41, 5.74) is 5.37. The lowest BCUT2D eigenvalue weighted by Crippen LogP contribution is -2.30. The Morgan fingerprint density at radius 3 is 2.90 bits per heavy atom. The summed E-state index contributed by atoms with van der Waals surface area (Å²) in [6.45, 7) is 4.70. The van der Waals surface area contributed by atoms with Gasteiger partial charge in [-0.3, -0.25) is 0 Å². The molecule has 7 nitrogen and oxygen atoms in total. The third kappa shape index (κ3) is 3.26. The van der Waals surface area contributed by atoms with Gasteiger partial charge in [0.05, 0.1) is 11.3 Å². The summed E-state index contributed by atoms with van der Waals surface area (Å²) < 4.78 is 7.45. The van der Waals surface area contributed by atoms with Crippen LogP contribution in [-0.4, -0.2) is 24.9 Å². The van der Waals surface area contributed by atoms with Gasteiger partial charge in [-0.1, -0.05) is 23.3 Å². The number of nitrogens with two attached hydrogens (primary N) is 1. The monoisotopic (exact) mass is 308 g/mol. The van der Waals surface area contributed by atoms with Crippen molar-refractivity contribution >= 4 is 11.8 Å². The Kier molecular flexibility index (Phi) is 3.99. The minimum atomic E-state index is -0.585. The van der Waals surface area contributed by atoms with E-state index in [4.69, 9.17) is 10.3 Å². The fourth-order valence-electron chi connectivity index (χ4n) is 2.27. The van der Waals surface area contributed by atoms with Crippen LogP contribution in [0.5, 0.6) is 0 Å². The molecule has 0 amide bonds. The van der Waals surface area contributed by atoms with Crippen molar-refractivity contribution < 1.29 is 4.52 Å². The van der Waals surface area contributed by atoms with Crippen molar-refractivity contribution in [1.82, 2.24) is 24.9 Å². The first-order valence-corrected chi connectivity index (χ1v) is 8.19. The molecule has 2 N–H and O–H groups in total. The smallest absolute Gasteiger partial charge is 0.237 e. The number of hydrogen-bond acceptors (Lipinski definition) is 7. The number of fused-ring (bicyclic) bond motifs is 1. The first-order chi connectivity index (χ1) is 10.0. The number of rotatable bonds is 4. The van der Waals surface area contributed by atoms with Gasteiger partial charge in [0, 0.05) is 13.0 Å². The zero-order valence-corrected chi connectivity index (χ0v) is 13.2. The lowest BCUT2D eigenvalue weighted by atomic mass is 10.1. The second-order valence-electron chi connectivity index (χ2n) is 5.88. The molecular formula is C13H20N6OS. The molecule has 0 spiro atoms. The molecule has 0 radical (unpaired) electrons. The first-order valence-electron chi connectivity index (χ1n) is 7.21. The van der Waals surface area contributed by atoms with Gasteiger partial charge in [0.1, 0.15) is 5.82 Å². The number of hydrogen-bond donors (Lipinski definition) is 1. The van der Waals surface area contributed by atoms with Crippen LogP contribution in [0.4, 0.5) is 0 Å². The van der Waals surface area contributed by atoms with E-state index < -0.39 is 5.54 Å². The fourth-order valence-corrected chi connectivity index (χ4v) is 3.09. The molecule has 0 bridgehead atoms. The molecule has 114 valence electrons. The molecule has 0 unspecified atom stereocenters. The number of aromatic nitrogens is 5. The fraction of sp³-hybridized carbons (Fsp3) is 0.692. The summed E-state index contributed by atoms with van der Waals surface area (Å²) in [4.78, 5) is 4.33. The van der Waals surface area contributed by atoms with Gasteiger partial charge in [0.15, 0.2) is 11.0 Å². The molecule has 21 heavy (non-hydrogen) atoms. The number of thioether (sulfide) groups is 1. The molecule has 0 saturated heterocycles. The van der Waals surface area contributed by atoms with E-state index >= 15 is 0 Å². The molecule has 3 heterocycles. The van der Waals surface area contributed by atoms with E-state index in [9.17, 15) is 0 Å². The Bertz CT molecular complexity index is 614. The highest BCUT2D eigenvalue weighted by molar-refractivity contribution is 7.98. The predicted octanol–water partition coefficient (Wildman–Crippen LogP) is 1.87. The Hall–Kier alpha value is -1.41. The normalized spacial score (nSPS) is 15.8. The third-order valence-corrected chi connectivity index (χ3v) is 4.40. The highest BCUT2D eigenvalue weighted by Gasteiger charge is 2.22. The minimum Gasteiger partial charge on any atom is -0.338 e. The Morgan fingerprint density at radius 1 is 1.29 bits per heavy atom. The van der Waals surface area contributed by atoms with Gasteiger partial charge in [-0.05, 0) is 26.7 Å². The molecule has 0 saturated carbocycles. The maximum absolute atomic E-state index is 5.95. The summed E-state index contributed by atoms with van der Waals surface area (Å²) in [6.07, 6.45) is 4.65. The van der Waals surface area contributed by atoms with Crippen LogP contribution >= 0.6 is 11.8 Å². The lowest BCUT2D eigenvalue weighted by molar-refractivity contribution is 0.369. The van der Waals surface area contributed by atoms with Gasteiger partial charge in [-0.25, -0.2) is 0 Å². The largest absolute Gasteiger partial charge is 0.338 e. The van der Waals surface area contributed by atoms with Gasteiger partial charge in [-0.15, -0.1) is 10.2 Å². The number of nitrogens with zero attached hydrogens (tertiary/aromatic N) is 5. The van der Waals surface area contributed by atoms with Gasteiger partial charge < -0.3 is 14.8 Å². The van der Waals surface area contributed by atoms with Crippen molar-refractivity contribution in [2.75, 3.05) is 0 Å². The maximum Gasteiger partial charge on any atom is 0.237 e. The predicted molar refractivity (Wildman–Crippen MR) is 78.6 cm³/mol. The quantitative estimate of drug-likeness (QED) is 0.861. The Labute approximate surface area is 127 Å². The van der Waals surface area contributed by atoms with Crippen molar-refractivity contribution in [3.63, 3.8) is 0 Å². The van der Waals surface area contributed by atoms with Crippen LogP contribution in [0.2, 0.25) is 0 Å². The summed E-state index contributed by atoms with van der Waals surface area (Å²) in [6, 6.07) is 0. The molecular weight excluding hydrogens is 288 g/mol. The zero-order valence-electron chi connectivity index (χ0n) is 12.4. The van der Waals surface area contributed by atoms with Crippen molar-refractivity contribution in [2.24, 2.45) is 5.73 Å². The lowest BCUT2D eigenvalue weighted by Gasteiger charge is -2.11. The molecule has 1 aliphatic rings. The van der Waals surface area contributed by atoms with Crippen LogP contribution in [0, 0.1) is 0 Å².